The van der Waals surface area contributed by atoms with Crippen LogP contribution in [0.4, 0.5) is 5.69 Å². The van der Waals surface area contributed by atoms with Crippen molar-refractivity contribution < 1.29 is 4.74 Å². The molecule has 0 aliphatic rings. The van der Waals surface area contributed by atoms with Crippen LogP contribution in [0.2, 0.25) is 0 Å². The Balaban J connectivity index is 1.96. The smallest absolute Gasteiger partial charge is 0.0468 e. The summed E-state index contributed by atoms with van der Waals surface area (Å²) in [6.45, 7) is 2.83. The van der Waals surface area contributed by atoms with Crippen molar-refractivity contribution in [3.05, 3.63) is 16.3 Å². The number of rotatable bonds is 8. The summed E-state index contributed by atoms with van der Waals surface area (Å²) in [5.41, 5.74) is 6.68. The standard InChI is InChI=1S/C11H20N2OS/c1-14-7-4-2-3-6-13-9-11-10(12)5-8-15-11/h5,8,13H,2-4,6-7,9,12H2,1H3. The zero-order valence-corrected chi connectivity index (χ0v) is 10.1. The molecule has 0 aromatic carbocycles. The van der Waals surface area contributed by atoms with Gasteiger partial charge in [-0.2, -0.15) is 0 Å². The Kier molecular flexibility index (Phi) is 6.39. The van der Waals surface area contributed by atoms with Crippen molar-refractivity contribution in [2.75, 3.05) is 26.0 Å². The number of hydrogen-bond donors (Lipinski definition) is 2. The number of thiophene rings is 1. The Hall–Kier alpha value is -0.580. The van der Waals surface area contributed by atoms with E-state index < -0.39 is 0 Å². The van der Waals surface area contributed by atoms with Crippen molar-refractivity contribution in [2.24, 2.45) is 0 Å². The molecule has 0 aliphatic carbocycles. The first kappa shape index (κ1) is 12.5. The molecule has 1 heterocycles. The van der Waals surface area contributed by atoms with E-state index >= 15 is 0 Å². The molecule has 1 aromatic heterocycles. The maximum absolute atomic E-state index is 5.77. The van der Waals surface area contributed by atoms with Gasteiger partial charge in [-0.1, -0.05) is 0 Å². The van der Waals surface area contributed by atoms with Crippen LogP contribution in [-0.4, -0.2) is 20.3 Å². The van der Waals surface area contributed by atoms with Gasteiger partial charge in [-0.15, -0.1) is 11.3 Å². The number of hydrogen-bond acceptors (Lipinski definition) is 4. The molecule has 0 radical (unpaired) electrons. The van der Waals surface area contributed by atoms with Gasteiger partial charge in [0.2, 0.25) is 0 Å². The number of unbranched alkanes of at least 4 members (excludes halogenated alkanes) is 2. The van der Waals surface area contributed by atoms with Crippen LogP contribution in [-0.2, 0) is 11.3 Å². The van der Waals surface area contributed by atoms with Gasteiger partial charge in [0.25, 0.3) is 0 Å². The van der Waals surface area contributed by atoms with Crippen molar-refractivity contribution in [1.82, 2.24) is 5.32 Å². The van der Waals surface area contributed by atoms with Gasteiger partial charge in [0, 0.05) is 30.8 Å². The summed E-state index contributed by atoms with van der Waals surface area (Å²) in [4.78, 5) is 1.24. The summed E-state index contributed by atoms with van der Waals surface area (Å²) in [5.74, 6) is 0. The normalized spacial score (nSPS) is 10.7. The van der Waals surface area contributed by atoms with Crippen LogP contribution in [0, 0.1) is 0 Å². The third kappa shape index (κ3) is 5.16. The highest BCUT2D eigenvalue weighted by molar-refractivity contribution is 7.10. The van der Waals surface area contributed by atoms with E-state index in [1.165, 1.54) is 17.7 Å². The fourth-order valence-corrected chi connectivity index (χ4v) is 2.14. The SMILES string of the molecule is COCCCCCNCc1sccc1N. The zero-order chi connectivity index (χ0) is 10.9. The highest BCUT2D eigenvalue weighted by atomic mass is 32.1. The van der Waals surface area contributed by atoms with Crippen molar-refractivity contribution in [3.8, 4) is 0 Å². The van der Waals surface area contributed by atoms with Gasteiger partial charge < -0.3 is 15.8 Å². The molecule has 0 unspecified atom stereocenters. The van der Waals surface area contributed by atoms with E-state index in [0.29, 0.717) is 0 Å². The van der Waals surface area contributed by atoms with E-state index in [9.17, 15) is 0 Å². The summed E-state index contributed by atoms with van der Waals surface area (Å²) < 4.78 is 4.99. The average molecular weight is 228 g/mol. The first-order valence-corrected chi connectivity index (χ1v) is 6.24. The molecule has 86 valence electrons. The largest absolute Gasteiger partial charge is 0.398 e. The van der Waals surface area contributed by atoms with Gasteiger partial charge >= 0.3 is 0 Å². The average Bonchev–Trinajstić information content (AvgIpc) is 2.63. The summed E-state index contributed by atoms with van der Waals surface area (Å²) >= 11 is 1.71. The van der Waals surface area contributed by atoms with E-state index in [4.69, 9.17) is 10.5 Å². The van der Waals surface area contributed by atoms with E-state index in [1.807, 2.05) is 11.4 Å². The van der Waals surface area contributed by atoms with Gasteiger partial charge in [-0.3, -0.25) is 0 Å². The Bertz CT molecular complexity index is 263. The molecule has 0 saturated carbocycles. The summed E-state index contributed by atoms with van der Waals surface area (Å²) in [6, 6.07) is 1.96. The van der Waals surface area contributed by atoms with E-state index in [-0.39, 0.29) is 0 Å². The molecule has 0 aliphatic heterocycles. The quantitative estimate of drug-likeness (QED) is 0.671. The summed E-state index contributed by atoms with van der Waals surface area (Å²) in [7, 11) is 1.75. The van der Waals surface area contributed by atoms with Crippen LogP contribution in [0.3, 0.4) is 0 Å². The van der Waals surface area contributed by atoms with Crippen molar-refractivity contribution in [2.45, 2.75) is 25.8 Å². The second kappa shape index (κ2) is 7.68. The lowest BCUT2D eigenvalue weighted by Gasteiger charge is -2.03. The van der Waals surface area contributed by atoms with Gasteiger partial charge in [0.05, 0.1) is 0 Å². The molecular weight excluding hydrogens is 208 g/mol. The summed E-state index contributed by atoms with van der Waals surface area (Å²) in [5, 5.41) is 5.43. The molecular formula is C11H20N2OS. The van der Waals surface area contributed by atoms with E-state index in [2.05, 4.69) is 5.32 Å². The number of nitrogens with one attached hydrogen (secondary N) is 1. The van der Waals surface area contributed by atoms with Gasteiger partial charge in [0.15, 0.2) is 0 Å². The molecule has 1 rings (SSSR count). The molecule has 0 fully saturated rings. The molecule has 1 aromatic rings. The number of methoxy groups -OCH3 is 1. The maximum Gasteiger partial charge on any atom is 0.0468 e. The minimum atomic E-state index is 0.873. The van der Waals surface area contributed by atoms with Crippen LogP contribution >= 0.6 is 11.3 Å². The fraction of sp³-hybridized carbons (Fsp3) is 0.636. The minimum Gasteiger partial charge on any atom is -0.398 e. The van der Waals surface area contributed by atoms with Crippen molar-refractivity contribution >= 4 is 17.0 Å². The first-order valence-electron chi connectivity index (χ1n) is 5.36. The lowest BCUT2D eigenvalue weighted by Crippen LogP contribution is -2.14. The first-order chi connectivity index (χ1) is 7.34. The second-order valence-corrected chi connectivity index (χ2v) is 4.53. The molecule has 3 nitrogen and oxygen atoms in total. The lowest BCUT2D eigenvalue weighted by atomic mass is 10.2. The summed E-state index contributed by atoms with van der Waals surface area (Å²) in [6.07, 6.45) is 3.58. The van der Waals surface area contributed by atoms with Gasteiger partial charge in [-0.05, 0) is 37.3 Å². The monoisotopic (exact) mass is 228 g/mol. The van der Waals surface area contributed by atoms with Crippen molar-refractivity contribution in [3.63, 3.8) is 0 Å². The highest BCUT2D eigenvalue weighted by Gasteiger charge is 1.98. The highest BCUT2D eigenvalue weighted by Crippen LogP contribution is 2.17. The van der Waals surface area contributed by atoms with Gasteiger partial charge in [-0.25, -0.2) is 0 Å². The number of nitrogens with two attached hydrogens (primary N) is 1. The Labute approximate surface area is 95.6 Å². The maximum atomic E-state index is 5.77. The molecule has 0 amide bonds. The number of anilines is 1. The Morgan fingerprint density at radius 3 is 2.93 bits per heavy atom. The predicted molar refractivity (Wildman–Crippen MR) is 66.2 cm³/mol. The molecule has 0 bridgehead atoms. The predicted octanol–water partition coefficient (Wildman–Crippen LogP) is 2.24. The second-order valence-electron chi connectivity index (χ2n) is 3.53. The number of nitrogen functional groups attached to an aromatic ring is 1. The third-order valence-electron chi connectivity index (χ3n) is 2.27. The molecule has 0 saturated heterocycles. The topological polar surface area (TPSA) is 47.3 Å². The van der Waals surface area contributed by atoms with Crippen LogP contribution in [0.1, 0.15) is 24.1 Å². The van der Waals surface area contributed by atoms with Crippen LogP contribution < -0.4 is 11.1 Å². The zero-order valence-electron chi connectivity index (χ0n) is 9.29. The van der Waals surface area contributed by atoms with Crippen molar-refractivity contribution in [1.29, 1.82) is 0 Å². The van der Waals surface area contributed by atoms with Gasteiger partial charge in [0.1, 0.15) is 0 Å². The van der Waals surface area contributed by atoms with E-state index in [0.717, 1.165) is 31.8 Å². The molecule has 0 spiro atoms. The Morgan fingerprint density at radius 1 is 1.40 bits per heavy atom. The van der Waals surface area contributed by atoms with Crippen LogP contribution in [0.5, 0.6) is 0 Å². The molecule has 0 atom stereocenters. The molecule has 15 heavy (non-hydrogen) atoms. The molecule has 4 heteroatoms. The lowest BCUT2D eigenvalue weighted by molar-refractivity contribution is 0.192. The Morgan fingerprint density at radius 2 is 2.27 bits per heavy atom. The van der Waals surface area contributed by atoms with Crippen LogP contribution in [0.15, 0.2) is 11.4 Å². The third-order valence-corrected chi connectivity index (χ3v) is 3.20. The fourth-order valence-electron chi connectivity index (χ4n) is 1.37. The number of ether oxygens (including phenoxy) is 1. The molecule has 3 N–H and O–H groups in total. The van der Waals surface area contributed by atoms with E-state index in [1.54, 1.807) is 18.4 Å². The minimum absolute atomic E-state index is 0.873. The van der Waals surface area contributed by atoms with Crippen LogP contribution in [0.25, 0.3) is 0 Å².